The molecule has 12 nitrogen and oxygen atoms in total. The number of anilines is 2. The molecule has 0 aromatic carbocycles. The molecule has 0 bridgehead atoms. The molecule has 1 saturated carbocycles. The number of aryl methyl sites for hydroxylation is 1. The van der Waals surface area contributed by atoms with Crippen molar-refractivity contribution in [1.29, 1.82) is 0 Å². The van der Waals surface area contributed by atoms with E-state index in [1.807, 2.05) is 20.8 Å². The van der Waals surface area contributed by atoms with E-state index in [1.54, 1.807) is 27.7 Å². The number of carbonyl (C=O) groups is 2. The van der Waals surface area contributed by atoms with E-state index in [2.05, 4.69) is 30.9 Å². The van der Waals surface area contributed by atoms with Crippen molar-refractivity contribution in [2.45, 2.75) is 57.8 Å². The second-order valence-corrected chi connectivity index (χ2v) is 9.70. The first-order valence-electron chi connectivity index (χ1n) is 12.5. The Hall–Kier alpha value is -3.74. The number of amides is 2. The van der Waals surface area contributed by atoms with Crippen molar-refractivity contribution in [3.05, 3.63) is 35.4 Å². The average molecular weight is 515 g/mol. The third kappa shape index (κ3) is 5.36. The van der Waals surface area contributed by atoms with Gasteiger partial charge in [-0.05, 0) is 33.6 Å². The maximum Gasteiger partial charge on any atom is 0.407 e. The smallest absolute Gasteiger partial charge is 0.407 e. The van der Waals surface area contributed by atoms with Crippen molar-refractivity contribution in [1.82, 2.24) is 35.0 Å². The summed E-state index contributed by atoms with van der Waals surface area (Å²) in [7, 11) is 0. The molecule has 1 aliphatic heterocycles. The molecule has 13 heteroatoms. The normalized spacial score (nSPS) is 22.0. The highest BCUT2D eigenvalue weighted by molar-refractivity contribution is 5.94. The lowest BCUT2D eigenvalue weighted by Gasteiger charge is -2.25. The van der Waals surface area contributed by atoms with Crippen LogP contribution in [0.2, 0.25) is 0 Å². The van der Waals surface area contributed by atoms with E-state index in [1.165, 1.54) is 0 Å². The van der Waals surface area contributed by atoms with Crippen LogP contribution in [0.15, 0.2) is 18.3 Å². The number of aromatic nitrogens is 5. The Labute approximate surface area is 212 Å². The van der Waals surface area contributed by atoms with Crippen LogP contribution in [0.3, 0.4) is 0 Å². The zero-order valence-electron chi connectivity index (χ0n) is 21.0. The lowest BCUT2D eigenvalue weighted by molar-refractivity contribution is 0.0299. The van der Waals surface area contributed by atoms with Gasteiger partial charge in [-0.15, -0.1) is 0 Å². The molecule has 198 valence electrons. The number of hydrogen-bond donors (Lipinski definition) is 3. The Morgan fingerprint density at radius 2 is 2.03 bits per heavy atom. The molecule has 0 radical (unpaired) electrons. The molecule has 0 unspecified atom stereocenters. The van der Waals surface area contributed by atoms with Gasteiger partial charge in [0.15, 0.2) is 17.3 Å². The maximum atomic E-state index is 15.1. The number of ether oxygens (including phenoxy) is 2. The third-order valence-corrected chi connectivity index (χ3v) is 6.50. The monoisotopic (exact) mass is 514 g/mol. The van der Waals surface area contributed by atoms with Crippen molar-refractivity contribution in [3.63, 3.8) is 0 Å². The first-order chi connectivity index (χ1) is 17.8. The summed E-state index contributed by atoms with van der Waals surface area (Å²) < 4.78 is 27.4. The number of halogens is 1. The van der Waals surface area contributed by atoms with E-state index in [0.717, 1.165) is 0 Å². The number of morpholine rings is 1. The summed E-state index contributed by atoms with van der Waals surface area (Å²) in [6.07, 6.45) is -0.0830. The highest BCUT2D eigenvalue weighted by Crippen LogP contribution is 2.38. The van der Waals surface area contributed by atoms with E-state index >= 15 is 4.39 Å². The molecule has 3 atom stereocenters. The van der Waals surface area contributed by atoms with Gasteiger partial charge in [0.1, 0.15) is 17.8 Å². The largest absolute Gasteiger partial charge is 0.443 e. The fraction of sp³-hybridized carbons (Fsp3) is 0.542. The predicted octanol–water partition coefficient (Wildman–Crippen LogP) is 2.70. The summed E-state index contributed by atoms with van der Waals surface area (Å²) in [6.45, 7) is 7.52. The Balaban J connectivity index is 1.30. The van der Waals surface area contributed by atoms with E-state index in [-0.39, 0.29) is 11.9 Å². The van der Waals surface area contributed by atoms with Gasteiger partial charge in [-0.25, -0.2) is 18.7 Å². The van der Waals surface area contributed by atoms with Gasteiger partial charge in [0.25, 0.3) is 5.91 Å². The fourth-order valence-electron chi connectivity index (χ4n) is 4.73. The zero-order valence-corrected chi connectivity index (χ0v) is 21.0. The quantitative estimate of drug-likeness (QED) is 0.456. The van der Waals surface area contributed by atoms with Crippen LogP contribution in [0.25, 0.3) is 5.52 Å². The first-order valence-corrected chi connectivity index (χ1v) is 12.5. The molecule has 3 N–H and O–H groups in total. The minimum atomic E-state index is -1.35. The van der Waals surface area contributed by atoms with E-state index in [9.17, 15) is 9.59 Å². The molecule has 2 aliphatic rings. The van der Waals surface area contributed by atoms with Crippen molar-refractivity contribution >= 4 is 29.2 Å². The molecule has 0 spiro atoms. The van der Waals surface area contributed by atoms with Crippen molar-refractivity contribution in [2.75, 3.05) is 31.6 Å². The molecule has 3 aromatic heterocycles. The summed E-state index contributed by atoms with van der Waals surface area (Å²) in [5.41, 5.74) is 2.23. The summed E-state index contributed by atoms with van der Waals surface area (Å²) >= 11 is 0. The number of nitrogens with zero attached hydrogens (tertiary/aromatic N) is 5. The first kappa shape index (κ1) is 24.9. The Morgan fingerprint density at radius 3 is 2.78 bits per heavy atom. The molecule has 2 fully saturated rings. The minimum Gasteiger partial charge on any atom is -0.443 e. The summed E-state index contributed by atoms with van der Waals surface area (Å²) in [6, 6.07) is 3.33. The lowest BCUT2D eigenvalue weighted by atomic mass is 10.0. The van der Waals surface area contributed by atoms with Crippen LogP contribution in [0, 0.1) is 6.92 Å². The topological polar surface area (TPSA) is 139 Å². The average Bonchev–Trinajstić information content (AvgIpc) is 3.58. The van der Waals surface area contributed by atoms with Crippen molar-refractivity contribution in [2.24, 2.45) is 0 Å². The highest BCUT2D eigenvalue weighted by atomic mass is 19.1. The summed E-state index contributed by atoms with van der Waals surface area (Å²) in [5, 5.41) is 17.4. The molecular formula is C24H31FN8O4. The van der Waals surface area contributed by atoms with Crippen LogP contribution in [-0.4, -0.2) is 86.3 Å². The van der Waals surface area contributed by atoms with Gasteiger partial charge in [0, 0.05) is 42.9 Å². The molecule has 3 aromatic rings. The van der Waals surface area contributed by atoms with E-state index in [4.69, 9.17) is 9.47 Å². The van der Waals surface area contributed by atoms with E-state index in [0.29, 0.717) is 73.4 Å². The standard InChI is InChI=1S/C24H31FN8O4/c1-13(2)26-24(35)37-19-5-4-15(21(19)25)16-11-20(30-29-16)28-22-18-10-17(31-33(18)12-14(3)27-22)23(34)32-6-8-36-9-7-32/h10-13,15,19,21H,4-9H2,1-3H3,(H,26,35)(H2,27,28,29,30)/t15-,19-,21-/m1/s1. The number of carbonyl (C=O) groups excluding carboxylic acids is 2. The second-order valence-electron chi connectivity index (χ2n) is 9.70. The SMILES string of the molecule is Cc1cn2nc(C(=O)N3CCOCC3)cc2c(Nc2cc([C@H]3CC[C@@H](OC(=O)NC(C)C)[C@@H]3F)[nH]n2)n1. The van der Waals surface area contributed by atoms with Crippen molar-refractivity contribution < 1.29 is 23.5 Å². The van der Waals surface area contributed by atoms with Crippen LogP contribution in [0.4, 0.5) is 20.8 Å². The number of hydrogen-bond acceptors (Lipinski definition) is 8. The number of aromatic amines is 1. The molecule has 2 amide bonds. The fourth-order valence-corrected chi connectivity index (χ4v) is 4.73. The van der Waals surface area contributed by atoms with Crippen LogP contribution in [0.5, 0.6) is 0 Å². The molecule has 1 saturated heterocycles. The zero-order chi connectivity index (χ0) is 26.1. The van der Waals surface area contributed by atoms with Gasteiger partial charge in [-0.2, -0.15) is 10.2 Å². The summed E-state index contributed by atoms with van der Waals surface area (Å²) in [4.78, 5) is 31.1. The molecule has 4 heterocycles. The van der Waals surface area contributed by atoms with Gasteiger partial charge in [0.2, 0.25) is 0 Å². The lowest BCUT2D eigenvalue weighted by Crippen LogP contribution is -2.40. The maximum absolute atomic E-state index is 15.1. The number of nitrogens with one attached hydrogen (secondary N) is 3. The Kier molecular flexibility index (Phi) is 6.96. The van der Waals surface area contributed by atoms with Gasteiger partial charge < -0.3 is 25.0 Å². The van der Waals surface area contributed by atoms with Crippen LogP contribution < -0.4 is 10.6 Å². The van der Waals surface area contributed by atoms with Crippen LogP contribution in [0.1, 0.15) is 54.5 Å². The molecule has 37 heavy (non-hydrogen) atoms. The van der Waals surface area contributed by atoms with Gasteiger partial charge in [-0.1, -0.05) is 0 Å². The van der Waals surface area contributed by atoms with Gasteiger partial charge >= 0.3 is 6.09 Å². The van der Waals surface area contributed by atoms with Gasteiger partial charge in [-0.3, -0.25) is 9.89 Å². The Morgan fingerprint density at radius 1 is 1.24 bits per heavy atom. The van der Waals surface area contributed by atoms with Gasteiger partial charge in [0.05, 0.1) is 25.1 Å². The number of alkyl halides is 1. The molecule has 5 rings (SSSR count). The predicted molar refractivity (Wildman–Crippen MR) is 132 cm³/mol. The number of H-pyrrole nitrogens is 1. The van der Waals surface area contributed by atoms with Crippen molar-refractivity contribution in [3.8, 4) is 0 Å². The highest BCUT2D eigenvalue weighted by Gasteiger charge is 2.41. The number of fused-ring (bicyclic) bond motifs is 1. The third-order valence-electron chi connectivity index (χ3n) is 6.50. The Bertz CT molecular complexity index is 1290. The second kappa shape index (κ2) is 10.3. The summed E-state index contributed by atoms with van der Waals surface area (Å²) in [5.74, 6) is 0.289. The number of rotatable bonds is 6. The van der Waals surface area contributed by atoms with Crippen LogP contribution >= 0.6 is 0 Å². The molecular weight excluding hydrogens is 483 g/mol. The van der Waals surface area contributed by atoms with E-state index < -0.39 is 24.3 Å². The molecule has 1 aliphatic carbocycles. The minimum absolute atomic E-state index is 0.0879. The number of alkyl carbamates (subject to hydrolysis) is 1. The van der Waals surface area contributed by atoms with Crippen LogP contribution in [-0.2, 0) is 9.47 Å².